The highest BCUT2D eigenvalue weighted by molar-refractivity contribution is 5.86. The van der Waals surface area contributed by atoms with E-state index < -0.39 is 5.91 Å². The zero-order valence-electron chi connectivity index (χ0n) is 7.41. The monoisotopic (exact) mass is 170 g/mol. The molecule has 1 aliphatic rings. The van der Waals surface area contributed by atoms with Gasteiger partial charge in [0.05, 0.1) is 0 Å². The van der Waals surface area contributed by atoms with Gasteiger partial charge in [0.15, 0.2) is 0 Å². The number of carbonyl (C=O) groups excluding carboxylic acids is 2. The molecule has 1 fully saturated rings. The lowest BCUT2D eigenvalue weighted by atomic mass is 10.1. The van der Waals surface area contributed by atoms with E-state index in [4.69, 9.17) is 5.73 Å². The van der Waals surface area contributed by atoms with E-state index in [0.717, 1.165) is 0 Å². The maximum Gasteiger partial charge on any atom is 0.240 e. The van der Waals surface area contributed by atoms with E-state index in [9.17, 15) is 9.59 Å². The molecule has 4 heteroatoms. The first kappa shape index (κ1) is 9.03. The largest absolute Gasteiger partial charge is 0.368 e. The Hall–Kier alpha value is -1.06. The van der Waals surface area contributed by atoms with Crippen LogP contribution in [0.25, 0.3) is 0 Å². The van der Waals surface area contributed by atoms with Crippen LogP contribution in [0.15, 0.2) is 0 Å². The Kier molecular flexibility index (Phi) is 2.35. The minimum Gasteiger partial charge on any atom is -0.368 e. The third-order valence-corrected chi connectivity index (χ3v) is 2.24. The maximum atomic E-state index is 11.0. The summed E-state index contributed by atoms with van der Waals surface area (Å²) in [7, 11) is 0. The molecule has 2 atom stereocenters. The van der Waals surface area contributed by atoms with E-state index in [2.05, 4.69) is 0 Å². The molecule has 1 aliphatic heterocycles. The highest BCUT2D eigenvalue weighted by atomic mass is 16.2. The topological polar surface area (TPSA) is 63.4 Å². The number of hydrogen-bond donors (Lipinski definition) is 1. The lowest BCUT2D eigenvalue weighted by Crippen LogP contribution is -2.42. The van der Waals surface area contributed by atoms with Crippen LogP contribution in [-0.4, -0.2) is 29.3 Å². The Balaban J connectivity index is 2.72. The van der Waals surface area contributed by atoms with Gasteiger partial charge < -0.3 is 10.6 Å². The second kappa shape index (κ2) is 3.13. The van der Waals surface area contributed by atoms with Gasteiger partial charge in [-0.2, -0.15) is 0 Å². The van der Waals surface area contributed by atoms with Crippen LogP contribution in [0.4, 0.5) is 0 Å². The average Bonchev–Trinajstić information content (AvgIpc) is 2.31. The average molecular weight is 170 g/mol. The van der Waals surface area contributed by atoms with E-state index in [-0.39, 0.29) is 11.9 Å². The minimum atomic E-state index is -0.394. The molecule has 68 valence electrons. The van der Waals surface area contributed by atoms with Gasteiger partial charge in [-0.05, 0) is 12.3 Å². The molecule has 0 aromatic heterocycles. The number of primary amides is 1. The summed E-state index contributed by atoms with van der Waals surface area (Å²) in [6.45, 7) is 4.13. The number of nitrogens with zero attached hydrogens (tertiary/aromatic N) is 1. The summed E-state index contributed by atoms with van der Waals surface area (Å²) < 4.78 is 0. The zero-order chi connectivity index (χ0) is 9.30. The Morgan fingerprint density at radius 2 is 2.08 bits per heavy atom. The number of likely N-dealkylation sites (tertiary alicyclic amines) is 1. The van der Waals surface area contributed by atoms with Crippen LogP contribution in [-0.2, 0) is 9.59 Å². The molecule has 12 heavy (non-hydrogen) atoms. The standard InChI is InChI=1S/C8H14N2O2/c1-5-3-7(8(9)12)10(4-5)6(2)11/h5,7H,3-4H2,1-2H3,(H2,9,12)/t5-,7?/m0/s1. The second-order valence-corrected chi connectivity index (χ2v) is 3.43. The normalized spacial score (nSPS) is 29.0. The first-order chi connectivity index (χ1) is 5.52. The van der Waals surface area contributed by atoms with Gasteiger partial charge in [0.2, 0.25) is 11.8 Å². The number of hydrogen-bond acceptors (Lipinski definition) is 2. The molecule has 0 spiro atoms. The number of carbonyl (C=O) groups is 2. The van der Waals surface area contributed by atoms with E-state index in [0.29, 0.717) is 18.9 Å². The Morgan fingerprint density at radius 1 is 1.50 bits per heavy atom. The van der Waals surface area contributed by atoms with Crippen LogP contribution < -0.4 is 5.73 Å². The molecule has 0 aliphatic carbocycles. The van der Waals surface area contributed by atoms with Gasteiger partial charge in [0, 0.05) is 13.5 Å². The smallest absolute Gasteiger partial charge is 0.240 e. The summed E-state index contributed by atoms with van der Waals surface area (Å²) >= 11 is 0. The molecule has 0 saturated carbocycles. The summed E-state index contributed by atoms with van der Waals surface area (Å²) in [4.78, 5) is 23.5. The number of nitrogens with two attached hydrogens (primary N) is 1. The van der Waals surface area contributed by atoms with Crippen LogP contribution >= 0.6 is 0 Å². The molecule has 0 aromatic carbocycles. The van der Waals surface area contributed by atoms with Gasteiger partial charge in [-0.25, -0.2) is 0 Å². The minimum absolute atomic E-state index is 0.0665. The van der Waals surface area contributed by atoms with Crippen molar-refractivity contribution in [3.8, 4) is 0 Å². The van der Waals surface area contributed by atoms with Crippen LogP contribution in [0, 0.1) is 5.92 Å². The van der Waals surface area contributed by atoms with E-state index in [1.165, 1.54) is 6.92 Å². The van der Waals surface area contributed by atoms with Crippen molar-refractivity contribution in [2.24, 2.45) is 11.7 Å². The van der Waals surface area contributed by atoms with Crippen molar-refractivity contribution in [1.82, 2.24) is 4.90 Å². The summed E-state index contributed by atoms with van der Waals surface area (Å²) in [5.41, 5.74) is 5.16. The molecule has 1 rings (SSSR count). The van der Waals surface area contributed by atoms with Gasteiger partial charge in [0.25, 0.3) is 0 Å². The van der Waals surface area contributed by atoms with Crippen LogP contribution in [0.5, 0.6) is 0 Å². The summed E-state index contributed by atoms with van der Waals surface area (Å²) in [5, 5.41) is 0. The predicted octanol–water partition coefficient (Wildman–Crippen LogP) is -0.271. The third kappa shape index (κ3) is 1.57. The van der Waals surface area contributed by atoms with E-state index >= 15 is 0 Å². The van der Waals surface area contributed by atoms with Crippen LogP contribution in [0.2, 0.25) is 0 Å². The molecule has 2 N–H and O–H groups in total. The van der Waals surface area contributed by atoms with Crippen molar-refractivity contribution >= 4 is 11.8 Å². The van der Waals surface area contributed by atoms with Crippen molar-refractivity contribution in [3.05, 3.63) is 0 Å². The Bertz CT molecular complexity index is 193. The molecule has 1 saturated heterocycles. The fourth-order valence-electron chi connectivity index (χ4n) is 1.66. The van der Waals surface area contributed by atoms with Crippen molar-refractivity contribution in [2.75, 3.05) is 6.54 Å². The molecular weight excluding hydrogens is 156 g/mol. The van der Waals surface area contributed by atoms with Crippen LogP contribution in [0.3, 0.4) is 0 Å². The summed E-state index contributed by atoms with van der Waals surface area (Å²) in [5.74, 6) is -0.0795. The maximum absolute atomic E-state index is 11.0. The fourth-order valence-corrected chi connectivity index (χ4v) is 1.66. The van der Waals surface area contributed by atoms with E-state index in [1.807, 2.05) is 6.92 Å². The van der Waals surface area contributed by atoms with Gasteiger partial charge in [-0.15, -0.1) is 0 Å². The number of amides is 2. The van der Waals surface area contributed by atoms with Crippen LogP contribution in [0.1, 0.15) is 20.3 Å². The molecule has 1 unspecified atom stereocenters. The molecule has 1 heterocycles. The molecule has 2 amide bonds. The Labute approximate surface area is 71.7 Å². The highest BCUT2D eigenvalue weighted by Crippen LogP contribution is 2.22. The second-order valence-electron chi connectivity index (χ2n) is 3.43. The SMILES string of the molecule is CC(=O)N1C[C@@H](C)CC1C(N)=O. The lowest BCUT2D eigenvalue weighted by molar-refractivity contribution is -0.135. The first-order valence-corrected chi connectivity index (χ1v) is 4.09. The van der Waals surface area contributed by atoms with Crippen molar-refractivity contribution in [3.63, 3.8) is 0 Å². The van der Waals surface area contributed by atoms with E-state index in [1.54, 1.807) is 4.90 Å². The molecule has 4 nitrogen and oxygen atoms in total. The van der Waals surface area contributed by atoms with Crippen molar-refractivity contribution in [1.29, 1.82) is 0 Å². The number of rotatable bonds is 1. The summed E-state index contributed by atoms with van der Waals surface area (Å²) in [6, 6.07) is -0.377. The fraction of sp³-hybridized carbons (Fsp3) is 0.750. The third-order valence-electron chi connectivity index (χ3n) is 2.24. The molecule has 0 aromatic rings. The van der Waals surface area contributed by atoms with Gasteiger partial charge in [0.1, 0.15) is 6.04 Å². The van der Waals surface area contributed by atoms with Crippen molar-refractivity contribution < 1.29 is 9.59 Å². The van der Waals surface area contributed by atoms with Crippen molar-refractivity contribution in [2.45, 2.75) is 26.3 Å². The molecule has 0 bridgehead atoms. The summed E-state index contributed by atoms with van der Waals surface area (Å²) in [6.07, 6.45) is 0.703. The van der Waals surface area contributed by atoms with Gasteiger partial charge in [-0.3, -0.25) is 9.59 Å². The van der Waals surface area contributed by atoms with Gasteiger partial charge in [-0.1, -0.05) is 6.92 Å². The Morgan fingerprint density at radius 3 is 2.42 bits per heavy atom. The van der Waals surface area contributed by atoms with Gasteiger partial charge >= 0.3 is 0 Å². The first-order valence-electron chi connectivity index (χ1n) is 4.09. The molecule has 0 radical (unpaired) electrons. The highest BCUT2D eigenvalue weighted by Gasteiger charge is 2.34. The lowest BCUT2D eigenvalue weighted by Gasteiger charge is -2.19. The zero-order valence-corrected chi connectivity index (χ0v) is 7.41. The predicted molar refractivity (Wildman–Crippen MR) is 44.2 cm³/mol. The molecular formula is C8H14N2O2. The quantitative estimate of drug-likeness (QED) is 0.588.